The number of aliphatic imine (C=N–C) groups is 2. The fraction of sp³-hybridized carbons (Fsp3) is 0.457. The first kappa shape index (κ1) is 29.5. The lowest BCUT2D eigenvalue weighted by atomic mass is 9.79. The molecule has 0 aliphatic heterocycles. The maximum atomic E-state index is 5.03. The topological polar surface area (TPSA) is 37.6 Å². The van der Waals surface area contributed by atoms with E-state index in [9.17, 15) is 0 Å². The number of nitrogens with zero attached hydrogens (tertiary/aromatic N) is 3. The van der Waals surface area contributed by atoms with E-state index in [2.05, 4.69) is 119 Å². The molecule has 1 aromatic heterocycles. The Labute approximate surface area is 231 Å². The van der Waals surface area contributed by atoms with Gasteiger partial charge in [-0.05, 0) is 56.0 Å². The number of hydrogen-bond acceptors (Lipinski definition) is 3. The van der Waals surface area contributed by atoms with Crippen molar-refractivity contribution in [3.63, 3.8) is 0 Å². The molecule has 0 aliphatic rings. The zero-order valence-electron chi connectivity index (χ0n) is 25.7. The van der Waals surface area contributed by atoms with Gasteiger partial charge >= 0.3 is 0 Å². The minimum atomic E-state index is -0.0128. The first-order chi connectivity index (χ1) is 17.4. The maximum absolute atomic E-state index is 5.03. The Kier molecular flexibility index (Phi) is 8.22. The van der Waals surface area contributed by atoms with Crippen LogP contribution in [0.25, 0.3) is 0 Å². The van der Waals surface area contributed by atoms with E-state index in [-0.39, 0.29) is 21.7 Å². The summed E-state index contributed by atoms with van der Waals surface area (Å²) < 4.78 is 0. The van der Waals surface area contributed by atoms with Crippen LogP contribution in [0.3, 0.4) is 0 Å². The molecule has 1 heterocycles. The van der Waals surface area contributed by atoms with Crippen LogP contribution >= 0.6 is 0 Å². The smallest absolute Gasteiger partial charge is 0.0820 e. The maximum Gasteiger partial charge on any atom is 0.0820 e. The van der Waals surface area contributed by atoms with Crippen molar-refractivity contribution in [2.45, 2.75) is 105 Å². The summed E-state index contributed by atoms with van der Waals surface area (Å²) in [5, 5.41) is 0. The van der Waals surface area contributed by atoms with Crippen molar-refractivity contribution in [3.8, 4) is 0 Å². The number of hydrogen-bond donors (Lipinski definition) is 0. The minimum absolute atomic E-state index is 0.0128. The van der Waals surface area contributed by atoms with Crippen LogP contribution in [0, 0.1) is 0 Å². The summed E-state index contributed by atoms with van der Waals surface area (Å²) in [5.74, 6) is 0. The van der Waals surface area contributed by atoms with Gasteiger partial charge in [-0.3, -0.25) is 9.98 Å². The Hall–Kier alpha value is -3.07. The number of para-hydroxylation sites is 2. The molecule has 0 bridgehead atoms. The molecule has 0 saturated carbocycles. The van der Waals surface area contributed by atoms with Gasteiger partial charge in [-0.1, -0.05) is 126 Å². The Morgan fingerprint density at radius 2 is 0.711 bits per heavy atom. The summed E-state index contributed by atoms with van der Waals surface area (Å²) in [7, 11) is 0. The minimum Gasteiger partial charge on any atom is -0.254 e. The fourth-order valence-corrected chi connectivity index (χ4v) is 4.66. The molecule has 3 heteroatoms. The van der Waals surface area contributed by atoms with E-state index in [0.717, 1.165) is 22.8 Å². The average molecular weight is 510 g/mol. The second-order valence-corrected chi connectivity index (χ2v) is 14.4. The highest BCUT2D eigenvalue weighted by atomic mass is 14.8. The Balaban J connectivity index is 2.05. The molecule has 202 valence electrons. The third-order valence-electron chi connectivity index (χ3n) is 6.75. The van der Waals surface area contributed by atoms with Crippen LogP contribution in [-0.2, 0) is 21.7 Å². The van der Waals surface area contributed by atoms with Crippen molar-refractivity contribution in [3.05, 3.63) is 88.2 Å². The second-order valence-electron chi connectivity index (χ2n) is 14.4. The predicted octanol–water partition coefficient (Wildman–Crippen LogP) is 9.77. The highest BCUT2D eigenvalue weighted by molar-refractivity contribution is 5.85. The van der Waals surface area contributed by atoms with Crippen LogP contribution in [-0.4, -0.2) is 17.4 Å². The van der Waals surface area contributed by atoms with E-state index in [1.807, 2.05) is 30.6 Å². The normalized spacial score (nSPS) is 13.6. The molecule has 38 heavy (non-hydrogen) atoms. The Morgan fingerprint density at radius 3 is 0.974 bits per heavy atom. The zero-order valence-corrected chi connectivity index (χ0v) is 25.7. The number of aromatic nitrogens is 1. The monoisotopic (exact) mass is 509 g/mol. The lowest BCUT2D eigenvalue weighted by molar-refractivity contribution is 0.570. The lowest BCUT2D eigenvalue weighted by Crippen LogP contribution is -2.17. The molecule has 0 radical (unpaired) electrons. The van der Waals surface area contributed by atoms with Crippen molar-refractivity contribution in [1.29, 1.82) is 0 Å². The van der Waals surface area contributed by atoms with E-state index in [1.165, 1.54) is 22.3 Å². The first-order valence-electron chi connectivity index (χ1n) is 13.7. The van der Waals surface area contributed by atoms with Crippen LogP contribution < -0.4 is 0 Å². The van der Waals surface area contributed by atoms with E-state index in [0.29, 0.717) is 0 Å². The van der Waals surface area contributed by atoms with Gasteiger partial charge in [0.25, 0.3) is 0 Å². The molecule has 0 fully saturated rings. The molecule has 0 atom stereocenters. The van der Waals surface area contributed by atoms with Crippen LogP contribution in [0.4, 0.5) is 11.4 Å². The molecular weight excluding hydrogens is 462 g/mol. The summed E-state index contributed by atoms with van der Waals surface area (Å²) in [5.41, 5.74) is 8.64. The van der Waals surface area contributed by atoms with Crippen molar-refractivity contribution in [2.75, 3.05) is 0 Å². The van der Waals surface area contributed by atoms with E-state index < -0.39 is 0 Å². The number of rotatable bonds is 4. The molecule has 2 aromatic carbocycles. The standard InChI is InChI=1S/C35H47N3/c1-32(2,3)26-18-14-19-27(33(4,5)6)30(26)36-22-24-16-13-17-25(38-24)23-37-31-28(34(7,8)9)20-15-21-29(31)35(10,11)12/h13-23H,1-12H3/b36-22+,37-23+. The van der Waals surface area contributed by atoms with E-state index in [4.69, 9.17) is 15.0 Å². The molecule has 0 spiro atoms. The molecule has 3 rings (SSSR count). The zero-order chi connectivity index (χ0) is 28.5. The molecule has 0 saturated heterocycles. The molecule has 0 N–H and O–H groups in total. The summed E-state index contributed by atoms with van der Waals surface area (Å²) in [6.07, 6.45) is 3.78. The molecular formula is C35H47N3. The quantitative estimate of drug-likeness (QED) is 0.322. The third kappa shape index (κ3) is 7.07. The SMILES string of the molecule is CC(C)(C)c1cccc(C(C)(C)C)c1/N=C/c1cccc(/C=N/c2c(C(C)(C)C)cccc2C(C)(C)C)n1. The van der Waals surface area contributed by atoms with Gasteiger partial charge < -0.3 is 0 Å². The number of pyridine rings is 1. The summed E-state index contributed by atoms with van der Waals surface area (Å²) >= 11 is 0. The van der Waals surface area contributed by atoms with Gasteiger partial charge in [0.15, 0.2) is 0 Å². The molecule has 3 nitrogen and oxygen atoms in total. The molecule has 0 unspecified atom stereocenters. The van der Waals surface area contributed by atoms with Crippen LogP contribution in [0.2, 0.25) is 0 Å². The van der Waals surface area contributed by atoms with Gasteiger partial charge in [0.2, 0.25) is 0 Å². The third-order valence-corrected chi connectivity index (χ3v) is 6.75. The van der Waals surface area contributed by atoms with Crippen LogP contribution in [0.1, 0.15) is 117 Å². The van der Waals surface area contributed by atoms with Crippen molar-refractivity contribution in [1.82, 2.24) is 4.98 Å². The number of benzene rings is 2. The summed E-state index contributed by atoms with van der Waals surface area (Å²) in [6, 6.07) is 19.1. The van der Waals surface area contributed by atoms with Crippen LogP contribution in [0.15, 0.2) is 64.6 Å². The Morgan fingerprint density at radius 1 is 0.447 bits per heavy atom. The highest BCUT2D eigenvalue weighted by Gasteiger charge is 2.26. The van der Waals surface area contributed by atoms with E-state index >= 15 is 0 Å². The van der Waals surface area contributed by atoms with Crippen molar-refractivity contribution >= 4 is 23.8 Å². The highest BCUT2D eigenvalue weighted by Crippen LogP contribution is 2.40. The van der Waals surface area contributed by atoms with Gasteiger partial charge in [0.05, 0.1) is 35.2 Å². The molecule has 0 amide bonds. The summed E-state index contributed by atoms with van der Waals surface area (Å²) in [4.78, 5) is 14.9. The van der Waals surface area contributed by atoms with Crippen LogP contribution in [0.5, 0.6) is 0 Å². The van der Waals surface area contributed by atoms with Gasteiger partial charge in [-0.25, -0.2) is 4.98 Å². The summed E-state index contributed by atoms with van der Waals surface area (Å²) in [6.45, 7) is 26.9. The van der Waals surface area contributed by atoms with Gasteiger partial charge in [-0.2, -0.15) is 0 Å². The first-order valence-corrected chi connectivity index (χ1v) is 13.7. The van der Waals surface area contributed by atoms with E-state index in [1.54, 1.807) is 0 Å². The van der Waals surface area contributed by atoms with Gasteiger partial charge in [0, 0.05) is 0 Å². The predicted molar refractivity (Wildman–Crippen MR) is 166 cm³/mol. The average Bonchev–Trinajstić information content (AvgIpc) is 2.79. The van der Waals surface area contributed by atoms with Crippen molar-refractivity contribution < 1.29 is 0 Å². The van der Waals surface area contributed by atoms with Gasteiger partial charge in [0.1, 0.15) is 0 Å². The van der Waals surface area contributed by atoms with Gasteiger partial charge in [-0.15, -0.1) is 0 Å². The Bertz CT molecular complexity index is 1170. The van der Waals surface area contributed by atoms with Crippen molar-refractivity contribution in [2.24, 2.45) is 9.98 Å². The molecule has 0 aliphatic carbocycles. The second kappa shape index (κ2) is 10.6. The fourth-order valence-electron chi connectivity index (χ4n) is 4.66. The largest absolute Gasteiger partial charge is 0.254 e. The molecule has 3 aromatic rings. The lowest BCUT2D eigenvalue weighted by Gasteiger charge is -2.28.